The van der Waals surface area contributed by atoms with E-state index in [0.717, 1.165) is 5.69 Å². The average Bonchev–Trinajstić information content (AvgIpc) is 2.69. The van der Waals surface area contributed by atoms with Crippen LogP contribution in [0.15, 0.2) is 29.7 Å². The molecule has 0 amide bonds. The van der Waals surface area contributed by atoms with Crippen LogP contribution in [0, 0.1) is 0 Å². The highest BCUT2D eigenvalue weighted by atomic mass is 32.2. The van der Waals surface area contributed by atoms with Gasteiger partial charge in [-0.1, -0.05) is 6.08 Å². The number of nitrogens with one attached hydrogen (secondary N) is 1. The molecular weight excluding hydrogens is 254 g/mol. The molecule has 0 spiro atoms. The number of anilines is 1. The number of sulfone groups is 1. The first-order chi connectivity index (χ1) is 8.54. The molecule has 18 heavy (non-hydrogen) atoms. The van der Waals surface area contributed by atoms with Gasteiger partial charge in [0.2, 0.25) is 0 Å². The van der Waals surface area contributed by atoms with Gasteiger partial charge in [0.15, 0.2) is 9.84 Å². The number of benzene rings is 1. The van der Waals surface area contributed by atoms with Gasteiger partial charge < -0.3 is 14.8 Å². The van der Waals surface area contributed by atoms with Gasteiger partial charge in [-0.3, -0.25) is 0 Å². The zero-order valence-electron chi connectivity index (χ0n) is 10.2. The summed E-state index contributed by atoms with van der Waals surface area (Å²) in [5.74, 6) is 1.38. The highest BCUT2D eigenvalue weighted by Gasteiger charge is 2.22. The number of rotatable bonds is 4. The van der Waals surface area contributed by atoms with Crippen molar-refractivity contribution in [3.05, 3.63) is 29.7 Å². The third-order valence-corrected chi connectivity index (χ3v) is 4.08. The van der Waals surface area contributed by atoms with Gasteiger partial charge >= 0.3 is 0 Å². The highest BCUT2D eigenvalue weighted by Crippen LogP contribution is 2.30. The second-order valence-corrected chi connectivity index (χ2v) is 5.91. The van der Waals surface area contributed by atoms with Gasteiger partial charge in [0.05, 0.1) is 31.7 Å². The Morgan fingerprint density at radius 2 is 2.06 bits per heavy atom. The van der Waals surface area contributed by atoms with Crippen LogP contribution in [-0.4, -0.2) is 34.4 Å². The minimum Gasteiger partial charge on any atom is -0.497 e. The molecule has 0 bridgehead atoms. The predicted octanol–water partition coefficient (Wildman–Crippen LogP) is 1.43. The van der Waals surface area contributed by atoms with E-state index < -0.39 is 9.84 Å². The summed E-state index contributed by atoms with van der Waals surface area (Å²) >= 11 is 0. The van der Waals surface area contributed by atoms with E-state index in [1.165, 1.54) is 5.41 Å². The van der Waals surface area contributed by atoms with E-state index in [2.05, 4.69) is 5.32 Å². The molecule has 0 unspecified atom stereocenters. The van der Waals surface area contributed by atoms with E-state index in [0.29, 0.717) is 11.5 Å². The minimum absolute atomic E-state index is 0.0716. The largest absolute Gasteiger partial charge is 0.497 e. The van der Waals surface area contributed by atoms with Crippen molar-refractivity contribution in [1.82, 2.24) is 0 Å². The Balaban J connectivity index is 2.17. The van der Waals surface area contributed by atoms with Gasteiger partial charge in [0, 0.05) is 11.5 Å². The molecule has 2 rings (SSSR count). The van der Waals surface area contributed by atoms with Gasteiger partial charge in [0.25, 0.3) is 0 Å². The second-order valence-electron chi connectivity index (χ2n) is 3.98. The summed E-state index contributed by atoms with van der Waals surface area (Å²) in [6.07, 6.45) is 1.64. The molecule has 0 saturated carbocycles. The van der Waals surface area contributed by atoms with Gasteiger partial charge in [-0.25, -0.2) is 8.42 Å². The first kappa shape index (κ1) is 12.8. The lowest BCUT2D eigenvalue weighted by atomic mass is 10.2. The van der Waals surface area contributed by atoms with Crippen LogP contribution in [0.2, 0.25) is 0 Å². The number of methoxy groups -OCH3 is 2. The zero-order chi connectivity index (χ0) is 13.2. The summed E-state index contributed by atoms with van der Waals surface area (Å²) in [5, 5.41) is 4.36. The van der Waals surface area contributed by atoms with Crippen molar-refractivity contribution in [2.75, 3.05) is 25.3 Å². The van der Waals surface area contributed by atoms with Crippen LogP contribution in [0.5, 0.6) is 11.5 Å². The molecule has 1 N–H and O–H groups in total. The molecule has 1 heterocycles. The molecular formula is C12H15NO4S. The molecule has 0 fully saturated rings. The molecule has 98 valence electrons. The fourth-order valence-corrected chi connectivity index (χ4v) is 3.02. The fraction of sp³-hybridized carbons (Fsp3) is 0.333. The lowest BCUT2D eigenvalue weighted by Crippen LogP contribution is -2.21. The van der Waals surface area contributed by atoms with Crippen molar-refractivity contribution in [3.8, 4) is 11.5 Å². The van der Waals surface area contributed by atoms with Gasteiger partial charge in [-0.2, -0.15) is 0 Å². The molecule has 1 aromatic rings. The van der Waals surface area contributed by atoms with Crippen LogP contribution in [-0.2, 0) is 9.84 Å². The first-order valence-electron chi connectivity index (χ1n) is 5.43. The number of ether oxygens (including phenoxy) is 2. The number of hydrogen-bond donors (Lipinski definition) is 1. The first-order valence-corrected chi connectivity index (χ1v) is 7.15. The maximum absolute atomic E-state index is 11.3. The third-order valence-electron chi connectivity index (χ3n) is 2.68. The van der Waals surface area contributed by atoms with Crippen LogP contribution < -0.4 is 14.8 Å². The topological polar surface area (TPSA) is 64.6 Å². The van der Waals surface area contributed by atoms with E-state index in [1.54, 1.807) is 38.5 Å². The summed E-state index contributed by atoms with van der Waals surface area (Å²) in [4.78, 5) is 0. The Labute approximate surface area is 106 Å². The molecule has 0 saturated heterocycles. The maximum Gasteiger partial charge on any atom is 0.173 e. The lowest BCUT2D eigenvalue weighted by Gasteiger charge is -2.15. The van der Waals surface area contributed by atoms with Gasteiger partial charge in [-0.05, 0) is 12.1 Å². The van der Waals surface area contributed by atoms with Crippen molar-refractivity contribution in [3.63, 3.8) is 0 Å². The highest BCUT2D eigenvalue weighted by molar-refractivity contribution is 7.94. The summed E-state index contributed by atoms with van der Waals surface area (Å²) in [7, 11) is 0.0777. The quantitative estimate of drug-likeness (QED) is 0.895. The molecule has 6 heteroatoms. The normalized spacial score (nSPS) is 20.7. The second kappa shape index (κ2) is 4.89. The SMILES string of the molecule is COc1ccc(N[C@@H]2C=CS(=O)(=O)C2)c(OC)c1. The van der Waals surface area contributed by atoms with Gasteiger partial charge in [0.1, 0.15) is 11.5 Å². The summed E-state index contributed by atoms with van der Waals surface area (Å²) < 4.78 is 32.9. The zero-order valence-corrected chi connectivity index (χ0v) is 11.0. The molecule has 1 aromatic carbocycles. The molecule has 1 atom stereocenters. The van der Waals surface area contributed by atoms with E-state index in [1.807, 2.05) is 0 Å². The lowest BCUT2D eigenvalue weighted by molar-refractivity contribution is 0.395. The van der Waals surface area contributed by atoms with Crippen molar-refractivity contribution >= 4 is 15.5 Å². The Morgan fingerprint density at radius 1 is 1.28 bits per heavy atom. The third kappa shape index (κ3) is 2.76. The molecule has 1 aliphatic rings. The molecule has 5 nitrogen and oxygen atoms in total. The Bertz CT molecular complexity index is 565. The molecule has 1 aliphatic heterocycles. The van der Waals surface area contributed by atoms with Crippen LogP contribution in [0.1, 0.15) is 0 Å². The van der Waals surface area contributed by atoms with Crippen LogP contribution >= 0.6 is 0 Å². The number of hydrogen-bond acceptors (Lipinski definition) is 5. The Kier molecular flexibility index (Phi) is 3.47. The smallest absolute Gasteiger partial charge is 0.173 e. The van der Waals surface area contributed by atoms with E-state index in [-0.39, 0.29) is 11.8 Å². The summed E-state index contributed by atoms with van der Waals surface area (Å²) in [5.41, 5.74) is 0.741. The molecule has 0 radical (unpaired) electrons. The predicted molar refractivity (Wildman–Crippen MR) is 69.9 cm³/mol. The summed E-state index contributed by atoms with van der Waals surface area (Å²) in [6, 6.07) is 5.11. The molecule has 0 aromatic heterocycles. The standard InChI is InChI=1S/C12H15NO4S/c1-16-10-3-4-11(12(7-10)17-2)13-9-5-6-18(14,15)8-9/h3-7,9,13H,8H2,1-2H3/t9-/m1/s1. The van der Waals surface area contributed by atoms with Crippen LogP contribution in [0.25, 0.3) is 0 Å². The van der Waals surface area contributed by atoms with E-state index >= 15 is 0 Å². The minimum atomic E-state index is -3.06. The van der Waals surface area contributed by atoms with Gasteiger partial charge in [-0.15, -0.1) is 0 Å². The van der Waals surface area contributed by atoms with Crippen LogP contribution in [0.4, 0.5) is 5.69 Å². The van der Waals surface area contributed by atoms with E-state index in [4.69, 9.17) is 9.47 Å². The Morgan fingerprint density at radius 3 is 2.61 bits per heavy atom. The summed E-state index contributed by atoms with van der Waals surface area (Å²) in [6.45, 7) is 0. The monoisotopic (exact) mass is 269 g/mol. The van der Waals surface area contributed by atoms with Crippen molar-refractivity contribution in [2.45, 2.75) is 6.04 Å². The van der Waals surface area contributed by atoms with E-state index in [9.17, 15) is 8.42 Å². The van der Waals surface area contributed by atoms with Crippen LogP contribution in [0.3, 0.4) is 0 Å². The van der Waals surface area contributed by atoms with Crippen molar-refractivity contribution < 1.29 is 17.9 Å². The Hall–Kier alpha value is -1.69. The van der Waals surface area contributed by atoms with Crippen molar-refractivity contribution in [1.29, 1.82) is 0 Å². The molecule has 0 aliphatic carbocycles. The maximum atomic E-state index is 11.3. The van der Waals surface area contributed by atoms with Crippen molar-refractivity contribution in [2.24, 2.45) is 0 Å². The fourth-order valence-electron chi connectivity index (χ4n) is 1.78. The average molecular weight is 269 g/mol.